The zero-order chi connectivity index (χ0) is 13.5. The van der Waals surface area contributed by atoms with Crippen molar-refractivity contribution in [1.29, 1.82) is 0 Å². The van der Waals surface area contributed by atoms with E-state index in [-0.39, 0.29) is 11.7 Å². The van der Waals surface area contributed by atoms with E-state index in [1.165, 1.54) is 17.6 Å². The van der Waals surface area contributed by atoms with E-state index in [2.05, 4.69) is 32.9 Å². The van der Waals surface area contributed by atoms with Crippen molar-refractivity contribution < 1.29 is 14.2 Å². The maximum atomic E-state index is 6.40. The lowest BCUT2D eigenvalue weighted by Gasteiger charge is -2.34. The van der Waals surface area contributed by atoms with Gasteiger partial charge in [0.2, 0.25) is 0 Å². The van der Waals surface area contributed by atoms with Gasteiger partial charge in [0.1, 0.15) is 5.60 Å². The Bertz CT molecular complexity index is 422. The summed E-state index contributed by atoms with van der Waals surface area (Å²) in [4.78, 5) is 0. The minimum atomic E-state index is -0.506. The van der Waals surface area contributed by atoms with Gasteiger partial charge in [-0.2, -0.15) is 0 Å². The van der Waals surface area contributed by atoms with Gasteiger partial charge in [-0.1, -0.05) is 17.7 Å². The second-order valence-corrected chi connectivity index (χ2v) is 6.34. The predicted molar refractivity (Wildman–Crippen MR) is 73.9 cm³/mol. The standard InChI is InChI=1S/C16H24O3/c1-12(2)7-9-18-15(3)10-14-16(19-15)8-5-4-6-13(16)11-17-14/h6-7,14H,4-5,8-11H2,1-3H3/t14-,15?,16-/m0/s1. The lowest BCUT2D eigenvalue weighted by atomic mass is 9.81. The largest absolute Gasteiger partial charge is 0.370 e. The van der Waals surface area contributed by atoms with Gasteiger partial charge in [-0.15, -0.1) is 0 Å². The zero-order valence-electron chi connectivity index (χ0n) is 12.2. The Hall–Kier alpha value is -0.640. The van der Waals surface area contributed by atoms with Crippen LogP contribution in [0.15, 0.2) is 23.3 Å². The van der Waals surface area contributed by atoms with Crippen LogP contribution in [0.5, 0.6) is 0 Å². The molecule has 2 aliphatic heterocycles. The molecular formula is C16H24O3. The van der Waals surface area contributed by atoms with Crippen LogP contribution >= 0.6 is 0 Å². The summed E-state index contributed by atoms with van der Waals surface area (Å²) in [6, 6.07) is 0. The van der Waals surface area contributed by atoms with Crippen molar-refractivity contribution in [2.75, 3.05) is 13.2 Å². The Labute approximate surface area is 115 Å². The second kappa shape index (κ2) is 4.72. The van der Waals surface area contributed by atoms with Crippen LogP contribution in [0.1, 0.15) is 46.5 Å². The fourth-order valence-corrected chi connectivity index (χ4v) is 3.49. The third-order valence-electron chi connectivity index (χ3n) is 4.48. The predicted octanol–water partition coefficient (Wildman–Crippen LogP) is 3.35. The number of allylic oxidation sites excluding steroid dienone is 2. The molecule has 2 fully saturated rings. The van der Waals surface area contributed by atoms with Gasteiger partial charge in [0, 0.05) is 6.42 Å². The average molecular weight is 264 g/mol. The molecule has 0 aromatic carbocycles. The van der Waals surface area contributed by atoms with Crippen LogP contribution in [0.4, 0.5) is 0 Å². The third kappa shape index (κ3) is 2.28. The molecule has 2 heterocycles. The molecule has 2 saturated heterocycles. The maximum Gasteiger partial charge on any atom is 0.169 e. The van der Waals surface area contributed by atoms with Crippen molar-refractivity contribution in [2.24, 2.45) is 0 Å². The van der Waals surface area contributed by atoms with E-state index < -0.39 is 5.79 Å². The molecule has 3 heteroatoms. The number of rotatable bonds is 3. The highest BCUT2D eigenvalue weighted by atomic mass is 16.7. The maximum absolute atomic E-state index is 6.40. The second-order valence-electron chi connectivity index (χ2n) is 6.34. The normalized spacial score (nSPS) is 40.6. The van der Waals surface area contributed by atoms with Crippen LogP contribution in [-0.4, -0.2) is 30.7 Å². The van der Waals surface area contributed by atoms with Gasteiger partial charge >= 0.3 is 0 Å². The van der Waals surface area contributed by atoms with E-state index in [0.29, 0.717) is 6.61 Å². The van der Waals surface area contributed by atoms with Crippen molar-refractivity contribution in [3.05, 3.63) is 23.3 Å². The Morgan fingerprint density at radius 1 is 1.53 bits per heavy atom. The first kappa shape index (κ1) is 13.3. The molecule has 3 aliphatic rings. The van der Waals surface area contributed by atoms with E-state index in [1.807, 2.05) is 0 Å². The molecule has 0 amide bonds. The van der Waals surface area contributed by atoms with E-state index in [4.69, 9.17) is 14.2 Å². The summed E-state index contributed by atoms with van der Waals surface area (Å²) < 4.78 is 18.3. The molecule has 3 atom stereocenters. The van der Waals surface area contributed by atoms with Gasteiger partial charge in [0.05, 0.1) is 19.3 Å². The molecule has 106 valence electrons. The van der Waals surface area contributed by atoms with E-state index >= 15 is 0 Å². The van der Waals surface area contributed by atoms with E-state index in [1.54, 1.807) is 0 Å². The van der Waals surface area contributed by atoms with Gasteiger partial charge in [-0.25, -0.2) is 0 Å². The Balaban J connectivity index is 1.74. The van der Waals surface area contributed by atoms with Crippen molar-refractivity contribution in [2.45, 2.75) is 63.9 Å². The molecule has 1 spiro atoms. The number of hydrogen-bond donors (Lipinski definition) is 0. The van der Waals surface area contributed by atoms with Crippen LogP contribution in [0.2, 0.25) is 0 Å². The number of ether oxygens (including phenoxy) is 3. The van der Waals surface area contributed by atoms with Gasteiger partial charge in [-0.05, 0) is 45.6 Å². The van der Waals surface area contributed by atoms with E-state index in [0.717, 1.165) is 25.9 Å². The van der Waals surface area contributed by atoms with Gasteiger partial charge in [-0.3, -0.25) is 0 Å². The summed E-state index contributed by atoms with van der Waals surface area (Å²) in [5.74, 6) is -0.506. The zero-order valence-corrected chi connectivity index (χ0v) is 12.2. The SMILES string of the molecule is CC(C)=CCOC1(C)C[C@@H]2OCC3=CCCC[C@]32O1. The summed E-state index contributed by atoms with van der Waals surface area (Å²) in [6.45, 7) is 7.57. The van der Waals surface area contributed by atoms with Crippen LogP contribution in [-0.2, 0) is 14.2 Å². The summed E-state index contributed by atoms with van der Waals surface area (Å²) in [5.41, 5.74) is 2.44. The summed E-state index contributed by atoms with van der Waals surface area (Å²) in [5, 5.41) is 0. The molecule has 19 heavy (non-hydrogen) atoms. The first-order valence-corrected chi connectivity index (χ1v) is 7.33. The first-order chi connectivity index (χ1) is 9.04. The highest BCUT2D eigenvalue weighted by Crippen LogP contribution is 2.52. The Morgan fingerprint density at radius 2 is 2.37 bits per heavy atom. The molecule has 0 aromatic rings. The molecule has 3 nitrogen and oxygen atoms in total. The van der Waals surface area contributed by atoms with Gasteiger partial charge < -0.3 is 14.2 Å². The summed E-state index contributed by atoms with van der Waals surface area (Å²) in [6.07, 6.45) is 8.84. The summed E-state index contributed by atoms with van der Waals surface area (Å²) >= 11 is 0. The van der Waals surface area contributed by atoms with Crippen LogP contribution < -0.4 is 0 Å². The van der Waals surface area contributed by atoms with Crippen molar-refractivity contribution in [3.63, 3.8) is 0 Å². The summed E-state index contributed by atoms with van der Waals surface area (Å²) in [7, 11) is 0. The quantitative estimate of drug-likeness (QED) is 0.732. The molecule has 0 radical (unpaired) electrons. The lowest BCUT2D eigenvalue weighted by molar-refractivity contribution is -0.229. The van der Waals surface area contributed by atoms with Crippen LogP contribution in [0, 0.1) is 0 Å². The molecule has 1 unspecified atom stereocenters. The smallest absolute Gasteiger partial charge is 0.169 e. The molecule has 3 rings (SSSR count). The van der Waals surface area contributed by atoms with Crippen molar-refractivity contribution in [3.8, 4) is 0 Å². The fraction of sp³-hybridized carbons (Fsp3) is 0.750. The highest BCUT2D eigenvalue weighted by Gasteiger charge is 2.60. The minimum absolute atomic E-state index is 0.177. The molecule has 0 aromatic heterocycles. The monoisotopic (exact) mass is 264 g/mol. The molecule has 1 aliphatic carbocycles. The Kier molecular flexibility index (Phi) is 3.32. The highest BCUT2D eigenvalue weighted by molar-refractivity contribution is 5.30. The van der Waals surface area contributed by atoms with E-state index in [9.17, 15) is 0 Å². The van der Waals surface area contributed by atoms with Crippen LogP contribution in [0.3, 0.4) is 0 Å². The van der Waals surface area contributed by atoms with Crippen molar-refractivity contribution in [1.82, 2.24) is 0 Å². The van der Waals surface area contributed by atoms with Crippen molar-refractivity contribution >= 4 is 0 Å². The Morgan fingerprint density at radius 3 is 3.16 bits per heavy atom. The molecule has 0 bridgehead atoms. The first-order valence-electron chi connectivity index (χ1n) is 7.33. The van der Waals surface area contributed by atoms with Crippen LogP contribution in [0.25, 0.3) is 0 Å². The lowest BCUT2D eigenvalue weighted by Crippen LogP contribution is -2.40. The molecular weight excluding hydrogens is 240 g/mol. The molecule has 0 N–H and O–H groups in total. The average Bonchev–Trinajstić information content (AvgIpc) is 2.79. The topological polar surface area (TPSA) is 27.7 Å². The number of hydrogen-bond acceptors (Lipinski definition) is 3. The fourth-order valence-electron chi connectivity index (χ4n) is 3.49. The van der Waals surface area contributed by atoms with Gasteiger partial charge in [0.15, 0.2) is 5.79 Å². The third-order valence-corrected chi connectivity index (χ3v) is 4.48. The van der Waals surface area contributed by atoms with Gasteiger partial charge in [0.25, 0.3) is 0 Å². The minimum Gasteiger partial charge on any atom is -0.370 e. The molecule has 0 saturated carbocycles.